The lowest BCUT2D eigenvalue weighted by molar-refractivity contribution is -0.185. The van der Waals surface area contributed by atoms with Gasteiger partial charge in [0.25, 0.3) is 0 Å². The van der Waals surface area contributed by atoms with Crippen LogP contribution in [0.2, 0.25) is 0 Å². The van der Waals surface area contributed by atoms with Crippen LogP contribution in [0.4, 0.5) is 0 Å². The highest BCUT2D eigenvalue weighted by atomic mass is 16.5. The maximum Gasteiger partial charge on any atom is 0.302 e. The van der Waals surface area contributed by atoms with Crippen molar-refractivity contribution in [3.63, 3.8) is 0 Å². The second-order valence-corrected chi connectivity index (χ2v) is 10.2. The van der Waals surface area contributed by atoms with E-state index in [1.807, 2.05) is 12.5 Å². The molecule has 3 aliphatic carbocycles. The van der Waals surface area contributed by atoms with Crippen LogP contribution in [0.25, 0.3) is 0 Å². The molecule has 0 unspecified atom stereocenters. The number of aryl methyl sites for hydroxylation is 1. The van der Waals surface area contributed by atoms with Gasteiger partial charge in [0.2, 0.25) is 0 Å². The second kappa shape index (κ2) is 7.17. The molecule has 5 heteroatoms. The van der Waals surface area contributed by atoms with E-state index in [4.69, 9.17) is 13.9 Å². The number of hydrogen-bond acceptors (Lipinski definition) is 5. The topological polar surface area (TPSA) is 65.7 Å². The van der Waals surface area contributed by atoms with E-state index in [1.165, 1.54) is 25.0 Å². The molecule has 0 N–H and O–H groups in total. The van der Waals surface area contributed by atoms with Gasteiger partial charge in [0.05, 0.1) is 25.7 Å². The monoisotopic (exact) mass is 402 g/mol. The molecular weight excluding hydrogens is 368 g/mol. The first-order valence-electron chi connectivity index (χ1n) is 11.0. The Bertz CT molecular complexity index is 797. The molecule has 1 aromatic heterocycles. The predicted molar refractivity (Wildman–Crippen MR) is 108 cm³/mol. The molecule has 2 fully saturated rings. The average molecular weight is 403 g/mol. The van der Waals surface area contributed by atoms with Crippen LogP contribution >= 0.6 is 0 Å². The molecule has 160 valence electrons. The van der Waals surface area contributed by atoms with Crippen molar-refractivity contribution in [2.75, 3.05) is 13.2 Å². The van der Waals surface area contributed by atoms with E-state index in [0.29, 0.717) is 25.0 Å². The number of rotatable bonds is 4. The summed E-state index contributed by atoms with van der Waals surface area (Å²) >= 11 is 0. The van der Waals surface area contributed by atoms with Crippen molar-refractivity contribution < 1.29 is 23.5 Å². The van der Waals surface area contributed by atoms with Gasteiger partial charge in [-0.1, -0.05) is 20.3 Å². The van der Waals surface area contributed by atoms with Gasteiger partial charge in [-0.15, -0.1) is 0 Å². The van der Waals surface area contributed by atoms with E-state index in [2.05, 4.69) is 13.8 Å². The minimum atomic E-state index is -0.219. The van der Waals surface area contributed by atoms with Crippen LogP contribution < -0.4 is 0 Å². The smallest absolute Gasteiger partial charge is 0.302 e. The van der Waals surface area contributed by atoms with Gasteiger partial charge in [0.1, 0.15) is 0 Å². The fraction of sp³-hybridized carbons (Fsp3) is 0.750. The van der Waals surface area contributed by atoms with E-state index < -0.39 is 0 Å². The van der Waals surface area contributed by atoms with E-state index in [-0.39, 0.29) is 28.2 Å². The first-order chi connectivity index (χ1) is 13.7. The molecule has 29 heavy (non-hydrogen) atoms. The summed E-state index contributed by atoms with van der Waals surface area (Å²) in [7, 11) is 0. The molecule has 4 rings (SSSR count). The molecule has 0 aliphatic heterocycles. The standard InChI is InChI=1S/C24H34O5/c1-16(25)28-14-22(3)9-5-10-24(15-29-17(2)26)20(22)8-11-23(4)19-13-27-12-18(19)6-7-21(23)24/h12-13,20-21H,5-11,14-15H2,1-4H3/t20-,21-,22+,23-,24+/m0/s1. The van der Waals surface area contributed by atoms with Crippen molar-refractivity contribution in [3.8, 4) is 0 Å². The SMILES string of the molecule is CC(=O)OC[C@@]1(C)CCC[C@]2(COC(C)=O)[C@H]3CCc4cocc4[C@]3(C)CC[C@@H]12. The fourth-order valence-electron chi connectivity index (χ4n) is 7.36. The summed E-state index contributed by atoms with van der Waals surface area (Å²) in [5, 5.41) is 0. The molecule has 0 spiro atoms. The van der Waals surface area contributed by atoms with Crippen LogP contribution in [0.5, 0.6) is 0 Å². The number of esters is 2. The minimum Gasteiger partial charge on any atom is -0.472 e. The molecule has 0 radical (unpaired) electrons. The Morgan fingerprint density at radius 1 is 1.00 bits per heavy atom. The van der Waals surface area contributed by atoms with Crippen molar-refractivity contribution >= 4 is 11.9 Å². The van der Waals surface area contributed by atoms with Crippen LogP contribution in [0, 0.1) is 22.7 Å². The Kier molecular flexibility index (Phi) is 5.07. The highest BCUT2D eigenvalue weighted by Crippen LogP contribution is 2.67. The second-order valence-electron chi connectivity index (χ2n) is 10.2. The lowest BCUT2D eigenvalue weighted by atomic mass is 9.40. The number of hydrogen-bond donors (Lipinski definition) is 0. The Morgan fingerprint density at radius 3 is 2.45 bits per heavy atom. The molecular formula is C24H34O5. The van der Waals surface area contributed by atoms with Crippen molar-refractivity contribution in [1.82, 2.24) is 0 Å². The summed E-state index contributed by atoms with van der Waals surface area (Å²) in [5.74, 6) is 0.366. The van der Waals surface area contributed by atoms with Gasteiger partial charge in [-0.25, -0.2) is 0 Å². The van der Waals surface area contributed by atoms with Gasteiger partial charge in [0.15, 0.2) is 0 Å². The van der Waals surface area contributed by atoms with Crippen molar-refractivity contribution in [3.05, 3.63) is 23.7 Å². The zero-order valence-electron chi connectivity index (χ0n) is 18.2. The summed E-state index contributed by atoms with van der Waals surface area (Å²) in [6.07, 6.45) is 11.3. The predicted octanol–water partition coefficient (Wildman–Crippen LogP) is 4.81. The van der Waals surface area contributed by atoms with Gasteiger partial charge < -0.3 is 13.9 Å². The number of carbonyl (C=O) groups is 2. The minimum absolute atomic E-state index is 0.0386. The van der Waals surface area contributed by atoms with Crippen LogP contribution in [0.3, 0.4) is 0 Å². The molecule has 5 nitrogen and oxygen atoms in total. The molecule has 5 atom stereocenters. The Hall–Kier alpha value is -1.78. The van der Waals surface area contributed by atoms with Crippen LogP contribution in [-0.2, 0) is 30.9 Å². The first-order valence-corrected chi connectivity index (χ1v) is 11.0. The zero-order chi connectivity index (χ0) is 20.9. The molecule has 0 saturated heterocycles. The Labute approximate surface area is 173 Å². The highest BCUT2D eigenvalue weighted by Gasteiger charge is 2.63. The maximum atomic E-state index is 11.8. The third kappa shape index (κ3) is 3.21. The quantitative estimate of drug-likeness (QED) is 0.676. The number of carbonyl (C=O) groups excluding carboxylic acids is 2. The lowest BCUT2D eigenvalue weighted by Crippen LogP contribution is -2.61. The Balaban J connectivity index is 1.75. The number of ether oxygens (including phenoxy) is 2. The molecule has 0 amide bonds. The fourth-order valence-corrected chi connectivity index (χ4v) is 7.36. The third-order valence-electron chi connectivity index (χ3n) is 8.55. The van der Waals surface area contributed by atoms with Crippen molar-refractivity contribution in [2.24, 2.45) is 22.7 Å². The molecule has 1 heterocycles. The van der Waals surface area contributed by atoms with Gasteiger partial charge >= 0.3 is 11.9 Å². The summed E-state index contributed by atoms with van der Waals surface area (Å²) in [6, 6.07) is 0. The number of furan rings is 1. The molecule has 3 aliphatic rings. The van der Waals surface area contributed by atoms with Crippen molar-refractivity contribution in [2.45, 2.75) is 78.1 Å². The van der Waals surface area contributed by atoms with Crippen LogP contribution in [0.15, 0.2) is 16.9 Å². The zero-order valence-corrected chi connectivity index (χ0v) is 18.2. The molecule has 0 bridgehead atoms. The van der Waals surface area contributed by atoms with E-state index >= 15 is 0 Å². The van der Waals surface area contributed by atoms with E-state index in [1.54, 1.807) is 0 Å². The van der Waals surface area contributed by atoms with Gasteiger partial charge in [0, 0.05) is 24.7 Å². The lowest BCUT2D eigenvalue weighted by Gasteiger charge is -2.64. The molecule has 2 saturated carbocycles. The average Bonchev–Trinajstić information content (AvgIpc) is 3.15. The summed E-state index contributed by atoms with van der Waals surface area (Å²) in [4.78, 5) is 23.4. The summed E-state index contributed by atoms with van der Waals surface area (Å²) in [5.41, 5.74) is 2.56. The van der Waals surface area contributed by atoms with E-state index in [9.17, 15) is 9.59 Å². The van der Waals surface area contributed by atoms with Crippen molar-refractivity contribution in [1.29, 1.82) is 0 Å². The van der Waals surface area contributed by atoms with Crippen LogP contribution in [-0.4, -0.2) is 25.2 Å². The highest BCUT2D eigenvalue weighted by molar-refractivity contribution is 5.66. The summed E-state index contributed by atoms with van der Waals surface area (Å²) in [6.45, 7) is 8.57. The normalized spacial score (nSPS) is 38.3. The first kappa shape index (κ1) is 20.5. The number of fused-ring (bicyclic) bond motifs is 5. The summed E-state index contributed by atoms with van der Waals surface area (Å²) < 4.78 is 16.9. The third-order valence-corrected chi connectivity index (χ3v) is 8.55. The Morgan fingerprint density at radius 2 is 1.72 bits per heavy atom. The van der Waals surface area contributed by atoms with Gasteiger partial charge in [-0.3, -0.25) is 9.59 Å². The van der Waals surface area contributed by atoms with Gasteiger partial charge in [-0.2, -0.15) is 0 Å². The van der Waals surface area contributed by atoms with Gasteiger partial charge in [-0.05, 0) is 66.9 Å². The molecule has 1 aromatic rings. The largest absolute Gasteiger partial charge is 0.472 e. The van der Waals surface area contributed by atoms with Crippen LogP contribution in [0.1, 0.15) is 77.3 Å². The molecule has 0 aromatic carbocycles. The maximum absolute atomic E-state index is 11.8. The van der Waals surface area contributed by atoms with E-state index in [0.717, 1.165) is 44.9 Å².